The van der Waals surface area contributed by atoms with Crippen LogP contribution in [0, 0.1) is 0 Å². The predicted octanol–water partition coefficient (Wildman–Crippen LogP) is 2.44. The van der Waals surface area contributed by atoms with Gasteiger partial charge >= 0.3 is 0 Å². The molecule has 17 heavy (non-hydrogen) atoms. The molecule has 0 radical (unpaired) electrons. The first kappa shape index (κ1) is 11.5. The summed E-state index contributed by atoms with van der Waals surface area (Å²) in [5.74, 6) is 1.54. The zero-order chi connectivity index (χ0) is 11.9. The summed E-state index contributed by atoms with van der Waals surface area (Å²) in [6, 6.07) is 7.65. The van der Waals surface area contributed by atoms with E-state index in [9.17, 15) is 0 Å². The van der Waals surface area contributed by atoms with E-state index in [1.54, 1.807) is 25.7 Å². The Morgan fingerprint density at radius 3 is 3.12 bits per heavy atom. The molecule has 0 fully saturated rings. The first-order chi connectivity index (χ1) is 8.38. The number of hydrogen-bond donors (Lipinski definition) is 0. The summed E-state index contributed by atoms with van der Waals surface area (Å²) in [5.41, 5.74) is 1.08. The summed E-state index contributed by atoms with van der Waals surface area (Å²) >= 11 is 0. The maximum absolute atomic E-state index is 5.47. The van der Waals surface area contributed by atoms with Crippen molar-refractivity contribution in [2.75, 3.05) is 7.11 Å². The lowest BCUT2D eigenvalue weighted by Gasteiger charge is -1.93. The number of aliphatic imine (C=N–C) groups is 1. The molecule has 0 aromatic carbocycles. The van der Waals surface area contributed by atoms with E-state index in [4.69, 9.17) is 9.15 Å². The van der Waals surface area contributed by atoms with Gasteiger partial charge in [-0.2, -0.15) is 0 Å². The maximum atomic E-state index is 5.47. The summed E-state index contributed by atoms with van der Waals surface area (Å²) in [4.78, 5) is 8.31. The molecule has 0 atom stereocenters. The number of nitrogens with zero attached hydrogens (tertiary/aromatic N) is 2. The molecule has 0 aliphatic rings. The monoisotopic (exact) mass is 230 g/mol. The number of aromatic nitrogens is 1. The minimum Gasteiger partial charge on any atom is -0.458 e. The van der Waals surface area contributed by atoms with E-state index >= 15 is 0 Å². The van der Waals surface area contributed by atoms with Crippen LogP contribution in [-0.4, -0.2) is 18.3 Å². The van der Waals surface area contributed by atoms with E-state index in [0.717, 1.165) is 17.1 Å². The van der Waals surface area contributed by atoms with Crippen LogP contribution in [0.3, 0.4) is 0 Å². The third kappa shape index (κ3) is 3.53. The number of methoxy groups -OCH3 is 1. The largest absolute Gasteiger partial charge is 0.458 e. The van der Waals surface area contributed by atoms with Crippen molar-refractivity contribution >= 4 is 6.21 Å². The van der Waals surface area contributed by atoms with E-state index in [2.05, 4.69) is 9.98 Å². The molecular formula is C13H14N2O2. The van der Waals surface area contributed by atoms with Gasteiger partial charge in [0.15, 0.2) is 0 Å². The molecule has 0 aliphatic carbocycles. The average Bonchev–Trinajstić information content (AvgIpc) is 2.79. The van der Waals surface area contributed by atoms with Gasteiger partial charge in [0.1, 0.15) is 18.1 Å². The second kappa shape index (κ2) is 5.96. The third-order valence-corrected chi connectivity index (χ3v) is 2.18. The smallest absolute Gasteiger partial charge is 0.144 e. The highest BCUT2D eigenvalue weighted by molar-refractivity contribution is 5.75. The molecule has 88 valence electrons. The summed E-state index contributed by atoms with van der Waals surface area (Å²) in [7, 11) is 1.64. The van der Waals surface area contributed by atoms with Crippen molar-refractivity contribution in [2.24, 2.45) is 4.99 Å². The molecule has 0 bridgehead atoms. The molecule has 2 aromatic heterocycles. The van der Waals surface area contributed by atoms with E-state index in [-0.39, 0.29) is 0 Å². The van der Waals surface area contributed by atoms with Gasteiger partial charge in [-0.3, -0.25) is 9.98 Å². The van der Waals surface area contributed by atoms with Gasteiger partial charge in [-0.15, -0.1) is 0 Å². The Balaban J connectivity index is 1.91. The first-order valence-electron chi connectivity index (χ1n) is 5.35. The molecule has 0 aliphatic heterocycles. The van der Waals surface area contributed by atoms with Crippen molar-refractivity contribution in [3.05, 3.63) is 53.7 Å². The fourth-order valence-electron chi connectivity index (χ4n) is 1.42. The van der Waals surface area contributed by atoms with Crippen molar-refractivity contribution < 1.29 is 9.15 Å². The van der Waals surface area contributed by atoms with Gasteiger partial charge < -0.3 is 9.15 Å². The third-order valence-electron chi connectivity index (χ3n) is 2.18. The Morgan fingerprint density at radius 2 is 2.35 bits per heavy atom. The summed E-state index contributed by atoms with van der Waals surface area (Å²) in [6.45, 7) is 1.09. The Kier molecular flexibility index (Phi) is 4.05. The fraction of sp³-hybridized carbons (Fsp3) is 0.231. The summed E-state index contributed by atoms with van der Waals surface area (Å²) < 4.78 is 10.4. The molecule has 2 aromatic rings. The lowest BCUT2D eigenvalue weighted by Crippen LogP contribution is -1.84. The van der Waals surface area contributed by atoms with Gasteiger partial charge in [-0.05, 0) is 23.8 Å². The van der Waals surface area contributed by atoms with E-state index in [1.807, 2.05) is 24.3 Å². The second-order valence-electron chi connectivity index (χ2n) is 3.57. The lowest BCUT2D eigenvalue weighted by atomic mass is 10.3. The molecule has 4 heteroatoms. The Hall–Kier alpha value is -1.94. The highest BCUT2D eigenvalue weighted by Gasteiger charge is 1.98. The SMILES string of the molecule is COCc1ccc(C=NCc2cccnc2)o1. The van der Waals surface area contributed by atoms with Gasteiger partial charge in [0, 0.05) is 19.5 Å². The van der Waals surface area contributed by atoms with Gasteiger partial charge in [-0.1, -0.05) is 6.07 Å². The Labute approximate surface area is 100.0 Å². The van der Waals surface area contributed by atoms with Crippen molar-refractivity contribution in [3.8, 4) is 0 Å². The normalized spacial score (nSPS) is 11.1. The summed E-state index contributed by atoms with van der Waals surface area (Å²) in [5, 5.41) is 0. The summed E-state index contributed by atoms with van der Waals surface area (Å²) in [6.07, 6.45) is 5.26. The highest BCUT2D eigenvalue weighted by atomic mass is 16.5. The Bertz CT molecular complexity index is 477. The molecule has 0 unspecified atom stereocenters. The molecule has 0 amide bonds. The minimum absolute atomic E-state index is 0.483. The van der Waals surface area contributed by atoms with Crippen LogP contribution in [0.1, 0.15) is 17.1 Å². The standard InChI is InChI=1S/C13H14N2O2/c1-16-10-13-5-4-12(17-13)9-15-8-11-3-2-6-14-7-11/h2-7,9H,8,10H2,1H3. The first-order valence-corrected chi connectivity index (χ1v) is 5.35. The number of rotatable bonds is 5. The fourth-order valence-corrected chi connectivity index (χ4v) is 1.42. The van der Waals surface area contributed by atoms with E-state index in [1.165, 1.54) is 0 Å². The van der Waals surface area contributed by atoms with E-state index in [0.29, 0.717) is 13.2 Å². The second-order valence-corrected chi connectivity index (χ2v) is 3.57. The van der Waals surface area contributed by atoms with Crippen LogP contribution in [0.4, 0.5) is 0 Å². The molecule has 0 saturated carbocycles. The minimum atomic E-state index is 0.483. The van der Waals surface area contributed by atoms with Crippen LogP contribution >= 0.6 is 0 Å². The number of furan rings is 1. The molecule has 0 spiro atoms. The van der Waals surface area contributed by atoms with Gasteiger partial charge in [0.05, 0.1) is 12.8 Å². The molecule has 0 saturated heterocycles. The van der Waals surface area contributed by atoms with Crippen LogP contribution in [0.15, 0.2) is 46.1 Å². The highest BCUT2D eigenvalue weighted by Crippen LogP contribution is 2.07. The van der Waals surface area contributed by atoms with Crippen molar-refractivity contribution in [3.63, 3.8) is 0 Å². The van der Waals surface area contributed by atoms with Crippen molar-refractivity contribution in [1.82, 2.24) is 4.98 Å². The zero-order valence-corrected chi connectivity index (χ0v) is 9.67. The topological polar surface area (TPSA) is 47.6 Å². The molecule has 0 N–H and O–H groups in total. The van der Waals surface area contributed by atoms with Gasteiger partial charge in [0.25, 0.3) is 0 Å². The number of hydrogen-bond acceptors (Lipinski definition) is 4. The van der Waals surface area contributed by atoms with Crippen molar-refractivity contribution in [2.45, 2.75) is 13.2 Å². The van der Waals surface area contributed by atoms with Crippen LogP contribution in [0.25, 0.3) is 0 Å². The van der Waals surface area contributed by atoms with Crippen molar-refractivity contribution in [1.29, 1.82) is 0 Å². The maximum Gasteiger partial charge on any atom is 0.144 e. The number of ether oxygens (including phenoxy) is 1. The molecule has 2 rings (SSSR count). The number of pyridine rings is 1. The zero-order valence-electron chi connectivity index (χ0n) is 9.67. The van der Waals surface area contributed by atoms with Crippen LogP contribution in [-0.2, 0) is 17.9 Å². The molecule has 4 nitrogen and oxygen atoms in total. The van der Waals surface area contributed by atoms with Gasteiger partial charge in [0.2, 0.25) is 0 Å². The Morgan fingerprint density at radius 1 is 1.41 bits per heavy atom. The molecular weight excluding hydrogens is 216 g/mol. The van der Waals surface area contributed by atoms with Crippen LogP contribution < -0.4 is 0 Å². The predicted molar refractivity (Wildman–Crippen MR) is 65.0 cm³/mol. The molecule has 2 heterocycles. The van der Waals surface area contributed by atoms with Gasteiger partial charge in [-0.25, -0.2) is 0 Å². The quantitative estimate of drug-likeness (QED) is 0.741. The average molecular weight is 230 g/mol. The van der Waals surface area contributed by atoms with Crippen LogP contribution in [0.2, 0.25) is 0 Å². The lowest BCUT2D eigenvalue weighted by molar-refractivity contribution is 0.164. The van der Waals surface area contributed by atoms with E-state index < -0.39 is 0 Å². The van der Waals surface area contributed by atoms with Crippen LogP contribution in [0.5, 0.6) is 0 Å².